The Morgan fingerprint density at radius 1 is 1.17 bits per heavy atom. The van der Waals surface area contributed by atoms with Gasteiger partial charge in [0.05, 0.1) is 17.4 Å². The summed E-state index contributed by atoms with van der Waals surface area (Å²) in [5.74, 6) is 0.640. The lowest BCUT2D eigenvalue weighted by Crippen LogP contribution is -2.15. The molecule has 5 heteroatoms. The minimum atomic E-state index is -3.38. The highest BCUT2D eigenvalue weighted by atomic mass is 32.2. The maximum absolute atomic E-state index is 12.0. The van der Waals surface area contributed by atoms with Gasteiger partial charge in [-0.3, -0.25) is 0 Å². The van der Waals surface area contributed by atoms with Crippen molar-refractivity contribution in [3.63, 3.8) is 0 Å². The number of rotatable bonds is 6. The highest BCUT2D eigenvalue weighted by molar-refractivity contribution is 7.94. The summed E-state index contributed by atoms with van der Waals surface area (Å²) >= 11 is 0. The summed E-state index contributed by atoms with van der Waals surface area (Å²) in [4.78, 5) is 2.19. The van der Waals surface area contributed by atoms with Crippen LogP contribution in [0.2, 0.25) is 0 Å². The van der Waals surface area contributed by atoms with Gasteiger partial charge >= 0.3 is 0 Å². The predicted octanol–water partition coefficient (Wildman–Crippen LogP) is 2.28. The lowest BCUT2D eigenvalue weighted by molar-refractivity contribution is 0.414. The topological polar surface area (TPSA) is 46.6 Å². The fourth-order valence-corrected chi connectivity index (χ4v) is 2.45. The maximum Gasteiger partial charge on any atom is 0.201 e. The van der Waals surface area contributed by atoms with E-state index in [2.05, 4.69) is 0 Å². The molecular weight excluding hydrogens is 250 g/mol. The average Bonchev–Trinajstić information content (AvgIpc) is 2.40. The number of methoxy groups -OCH3 is 1. The molecule has 0 fully saturated rings. The van der Waals surface area contributed by atoms with Gasteiger partial charge in [0.15, 0.2) is 0 Å². The lowest BCUT2D eigenvalue weighted by Gasteiger charge is -2.14. The Hall–Kier alpha value is -1.49. The van der Waals surface area contributed by atoms with Crippen molar-refractivity contribution in [2.24, 2.45) is 0 Å². The molecule has 1 aromatic rings. The van der Waals surface area contributed by atoms with Gasteiger partial charge in [-0.25, -0.2) is 8.42 Å². The molecule has 0 aromatic heterocycles. The molecule has 1 aromatic carbocycles. The summed E-state index contributed by atoms with van der Waals surface area (Å²) in [5, 5.41) is 1.24. The summed E-state index contributed by atoms with van der Waals surface area (Å²) in [6.45, 7) is 5.53. The van der Waals surface area contributed by atoms with E-state index in [1.165, 1.54) is 5.41 Å². The van der Waals surface area contributed by atoms with E-state index in [0.717, 1.165) is 13.1 Å². The third-order valence-corrected chi connectivity index (χ3v) is 4.06. The Morgan fingerprint density at radius 2 is 1.72 bits per heavy atom. The average molecular weight is 269 g/mol. The number of hydrogen-bond donors (Lipinski definition) is 0. The van der Waals surface area contributed by atoms with Crippen molar-refractivity contribution < 1.29 is 13.2 Å². The smallest absolute Gasteiger partial charge is 0.201 e. The van der Waals surface area contributed by atoms with Crippen molar-refractivity contribution in [1.29, 1.82) is 0 Å². The standard InChI is InChI=1S/C13H19NO3S/c1-4-14(5-2)10-11-18(15,16)13-8-6-12(17-3)7-9-13/h6-11H,4-5H2,1-3H3. The van der Waals surface area contributed by atoms with Gasteiger partial charge in [-0.15, -0.1) is 0 Å². The first kappa shape index (κ1) is 14.6. The van der Waals surface area contributed by atoms with Crippen molar-refractivity contribution in [3.05, 3.63) is 35.9 Å². The number of sulfone groups is 1. The third kappa shape index (κ3) is 3.77. The molecule has 0 spiro atoms. The molecule has 0 saturated heterocycles. The van der Waals surface area contributed by atoms with E-state index in [1.54, 1.807) is 37.6 Å². The van der Waals surface area contributed by atoms with Crippen LogP contribution < -0.4 is 4.74 Å². The molecule has 0 N–H and O–H groups in total. The molecule has 0 aliphatic heterocycles. The van der Waals surface area contributed by atoms with Crippen LogP contribution in [0.3, 0.4) is 0 Å². The first-order valence-electron chi connectivity index (χ1n) is 5.85. The van der Waals surface area contributed by atoms with Crippen LogP contribution in [0, 0.1) is 0 Å². The second-order valence-corrected chi connectivity index (χ2v) is 5.56. The van der Waals surface area contributed by atoms with Crippen LogP contribution >= 0.6 is 0 Å². The first-order chi connectivity index (χ1) is 8.53. The third-order valence-electron chi connectivity index (χ3n) is 2.65. The van der Waals surface area contributed by atoms with E-state index in [9.17, 15) is 8.42 Å². The molecule has 100 valence electrons. The SMILES string of the molecule is CCN(C=CS(=O)(=O)c1ccc(OC)cc1)CC. The fourth-order valence-electron chi connectivity index (χ4n) is 1.44. The van der Waals surface area contributed by atoms with Gasteiger partial charge in [-0.2, -0.15) is 0 Å². The molecule has 4 nitrogen and oxygen atoms in total. The molecule has 1 rings (SSSR count). The van der Waals surface area contributed by atoms with Crippen LogP contribution in [-0.2, 0) is 9.84 Å². The largest absolute Gasteiger partial charge is 0.497 e. The van der Waals surface area contributed by atoms with Crippen LogP contribution in [0.5, 0.6) is 5.75 Å². The van der Waals surface area contributed by atoms with Crippen molar-refractivity contribution in [2.45, 2.75) is 18.7 Å². The monoisotopic (exact) mass is 269 g/mol. The quantitative estimate of drug-likeness (QED) is 0.795. The summed E-state index contributed by atoms with van der Waals surface area (Å²) in [6.07, 6.45) is 1.61. The van der Waals surface area contributed by atoms with Crippen LogP contribution in [0.15, 0.2) is 40.8 Å². The Labute approximate surface area is 109 Å². The van der Waals surface area contributed by atoms with Gasteiger partial charge in [0.25, 0.3) is 0 Å². The molecule has 0 atom stereocenters. The first-order valence-corrected chi connectivity index (χ1v) is 7.39. The van der Waals surface area contributed by atoms with E-state index >= 15 is 0 Å². The second-order valence-electron chi connectivity index (χ2n) is 3.73. The minimum absolute atomic E-state index is 0.270. The zero-order valence-electron chi connectivity index (χ0n) is 11.0. The second kappa shape index (κ2) is 6.44. The molecule has 18 heavy (non-hydrogen) atoms. The molecule has 0 aliphatic rings. The zero-order valence-corrected chi connectivity index (χ0v) is 11.8. The van der Waals surface area contributed by atoms with Gasteiger partial charge in [-0.05, 0) is 38.1 Å². The molecular formula is C13H19NO3S. The zero-order chi connectivity index (χ0) is 13.6. The molecule has 0 heterocycles. The van der Waals surface area contributed by atoms with Crippen LogP contribution in [0.25, 0.3) is 0 Å². The highest BCUT2D eigenvalue weighted by Gasteiger charge is 2.10. The molecule has 0 bridgehead atoms. The van der Waals surface area contributed by atoms with E-state index in [-0.39, 0.29) is 4.90 Å². The Morgan fingerprint density at radius 3 is 2.17 bits per heavy atom. The molecule has 0 amide bonds. The molecule has 0 aliphatic carbocycles. The lowest BCUT2D eigenvalue weighted by atomic mass is 10.3. The predicted molar refractivity (Wildman–Crippen MR) is 72.2 cm³/mol. The molecule has 0 unspecified atom stereocenters. The summed E-state index contributed by atoms with van der Waals surface area (Å²) in [5.41, 5.74) is 0. The van der Waals surface area contributed by atoms with Crippen molar-refractivity contribution >= 4 is 9.84 Å². The highest BCUT2D eigenvalue weighted by Crippen LogP contribution is 2.17. The maximum atomic E-state index is 12.0. The van der Waals surface area contributed by atoms with Crippen LogP contribution in [0.4, 0.5) is 0 Å². The summed E-state index contributed by atoms with van der Waals surface area (Å²) in [6, 6.07) is 6.36. The summed E-state index contributed by atoms with van der Waals surface area (Å²) in [7, 11) is -1.83. The number of nitrogens with zero attached hydrogens (tertiary/aromatic N) is 1. The fraction of sp³-hybridized carbons (Fsp3) is 0.385. The Balaban J connectivity index is 2.92. The van der Waals surface area contributed by atoms with Gasteiger partial charge in [0.2, 0.25) is 9.84 Å². The Bertz CT molecular complexity index is 487. The van der Waals surface area contributed by atoms with Crippen LogP contribution in [-0.4, -0.2) is 33.5 Å². The van der Waals surface area contributed by atoms with Gasteiger partial charge < -0.3 is 9.64 Å². The van der Waals surface area contributed by atoms with Gasteiger partial charge in [0, 0.05) is 19.3 Å². The van der Waals surface area contributed by atoms with Crippen molar-refractivity contribution in [3.8, 4) is 5.75 Å². The van der Waals surface area contributed by atoms with Crippen molar-refractivity contribution in [2.75, 3.05) is 20.2 Å². The van der Waals surface area contributed by atoms with Gasteiger partial charge in [0.1, 0.15) is 5.75 Å². The van der Waals surface area contributed by atoms with Crippen LogP contribution in [0.1, 0.15) is 13.8 Å². The number of hydrogen-bond acceptors (Lipinski definition) is 4. The van der Waals surface area contributed by atoms with E-state index in [0.29, 0.717) is 5.75 Å². The molecule has 0 saturated carbocycles. The molecule has 0 radical (unpaired) electrons. The van der Waals surface area contributed by atoms with Gasteiger partial charge in [-0.1, -0.05) is 0 Å². The van der Waals surface area contributed by atoms with E-state index < -0.39 is 9.84 Å². The minimum Gasteiger partial charge on any atom is -0.497 e. The normalized spacial score (nSPS) is 11.7. The van der Waals surface area contributed by atoms with E-state index in [4.69, 9.17) is 4.74 Å². The Kier molecular flexibility index (Phi) is 5.22. The number of ether oxygens (including phenoxy) is 1. The summed E-state index contributed by atoms with van der Waals surface area (Å²) < 4.78 is 29.0. The van der Waals surface area contributed by atoms with Crippen molar-refractivity contribution in [1.82, 2.24) is 4.90 Å². The van der Waals surface area contributed by atoms with E-state index in [1.807, 2.05) is 18.7 Å². The number of benzene rings is 1.